The van der Waals surface area contributed by atoms with Gasteiger partial charge in [-0.15, -0.1) is 0 Å². The number of ether oxygens (including phenoxy) is 3. The number of rotatable bonds is 5. The van der Waals surface area contributed by atoms with Crippen LogP contribution in [0.1, 0.15) is 31.7 Å². The lowest BCUT2D eigenvalue weighted by Gasteiger charge is -2.39. The van der Waals surface area contributed by atoms with Crippen molar-refractivity contribution in [2.24, 2.45) is 5.92 Å². The van der Waals surface area contributed by atoms with Gasteiger partial charge in [0.05, 0.1) is 13.7 Å². The van der Waals surface area contributed by atoms with Crippen LogP contribution in [0.25, 0.3) is 6.08 Å². The largest absolute Gasteiger partial charge is 0.493 e. The molecule has 160 valence electrons. The van der Waals surface area contributed by atoms with Gasteiger partial charge in [-0.25, -0.2) is 0 Å². The molecule has 6 atom stereocenters. The fourth-order valence-electron chi connectivity index (χ4n) is 3.61. The van der Waals surface area contributed by atoms with Gasteiger partial charge in [0.2, 0.25) is 6.29 Å². The maximum absolute atomic E-state index is 12.2. The van der Waals surface area contributed by atoms with Gasteiger partial charge in [0.1, 0.15) is 24.4 Å². The van der Waals surface area contributed by atoms with E-state index in [1.165, 1.54) is 7.11 Å². The molecule has 0 radical (unpaired) electrons. The monoisotopic (exact) mass is 408 g/mol. The molecular weight excluding hydrogens is 380 g/mol. The summed E-state index contributed by atoms with van der Waals surface area (Å²) in [6.45, 7) is 1.53. The zero-order valence-corrected chi connectivity index (χ0v) is 16.5. The Bertz CT molecular complexity index is 759. The summed E-state index contributed by atoms with van der Waals surface area (Å²) in [5.74, 6) is 1.17. The molecule has 1 saturated heterocycles. The Morgan fingerprint density at radius 1 is 1.17 bits per heavy atom. The number of carbonyl (C=O) groups excluding carboxylic acids is 1. The number of ketones is 1. The van der Waals surface area contributed by atoms with Crippen LogP contribution in [-0.4, -0.2) is 70.6 Å². The van der Waals surface area contributed by atoms with Crippen molar-refractivity contribution < 1.29 is 39.4 Å². The predicted octanol–water partition coefficient (Wildman–Crippen LogP) is 0.646. The number of hydrogen-bond acceptors (Lipinski definition) is 8. The molecule has 29 heavy (non-hydrogen) atoms. The van der Waals surface area contributed by atoms with E-state index in [9.17, 15) is 25.2 Å². The van der Waals surface area contributed by atoms with Crippen LogP contribution in [0.2, 0.25) is 0 Å². The van der Waals surface area contributed by atoms with Gasteiger partial charge in [0.15, 0.2) is 17.3 Å². The highest BCUT2D eigenvalue weighted by Crippen LogP contribution is 2.33. The van der Waals surface area contributed by atoms with Crippen molar-refractivity contribution in [3.05, 3.63) is 29.3 Å². The highest BCUT2D eigenvalue weighted by atomic mass is 16.7. The zero-order valence-electron chi connectivity index (χ0n) is 16.5. The molecule has 8 heteroatoms. The SMILES string of the molecule is COc1cc(C=C2CCC(C)CC2=O)ccc1O[C@@H]1O[C@H](CO)[C@H](O)[C@H](O)[C@H]1O. The molecule has 0 aromatic heterocycles. The van der Waals surface area contributed by atoms with E-state index < -0.39 is 37.3 Å². The predicted molar refractivity (Wildman–Crippen MR) is 103 cm³/mol. The van der Waals surface area contributed by atoms with E-state index in [1.54, 1.807) is 18.2 Å². The van der Waals surface area contributed by atoms with Gasteiger partial charge in [-0.2, -0.15) is 0 Å². The van der Waals surface area contributed by atoms with Crippen LogP contribution in [0.5, 0.6) is 11.5 Å². The Hall–Kier alpha value is -1.97. The minimum Gasteiger partial charge on any atom is -0.493 e. The smallest absolute Gasteiger partial charge is 0.229 e. The van der Waals surface area contributed by atoms with Gasteiger partial charge in [-0.3, -0.25) is 4.79 Å². The first-order chi connectivity index (χ1) is 13.8. The third kappa shape index (κ3) is 4.79. The summed E-state index contributed by atoms with van der Waals surface area (Å²) < 4.78 is 16.4. The lowest BCUT2D eigenvalue weighted by atomic mass is 9.85. The molecule has 1 saturated carbocycles. The Morgan fingerprint density at radius 3 is 2.59 bits per heavy atom. The number of methoxy groups -OCH3 is 1. The number of benzene rings is 1. The molecule has 1 aromatic carbocycles. The molecule has 0 amide bonds. The number of hydrogen-bond donors (Lipinski definition) is 4. The minimum atomic E-state index is -1.53. The molecule has 0 spiro atoms. The standard InChI is InChI=1S/C21H28O8/c1-11-3-5-13(14(23)7-11)8-12-4-6-15(16(9-12)27-2)28-21-20(26)19(25)18(24)17(10-22)29-21/h4,6,8-9,11,17-22,24-26H,3,5,7,10H2,1-2H3/t11?,17-,18+,19+,20-,21-/m1/s1. The molecule has 1 aliphatic heterocycles. The van der Waals surface area contributed by atoms with Crippen LogP contribution in [0, 0.1) is 5.92 Å². The van der Waals surface area contributed by atoms with Crippen LogP contribution >= 0.6 is 0 Å². The molecular formula is C21H28O8. The van der Waals surface area contributed by atoms with E-state index in [4.69, 9.17) is 14.2 Å². The van der Waals surface area contributed by atoms with Crippen LogP contribution in [0.4, 0.5) is 0 Å². The Labute approximate surface area is 169 Å². The fraction of sp³-hybridized carbons (Fsp3) is 0.571. The molecule has 4 N–H and O–H groups in total. The van der Waals surface area contributed by atoms with Crippen molar-refractivity contribution >= 4 is 11.9 Å². The number of allylic oxidation sites excluding steroid dienone is 1. The lowest BCUT2D eigenvalue weighted by Crippen LogP contribution is -2.60. The fourth-order valence-corrected chi connectivity index (χ4v) is 3.61. The maximum atomic E-state index is 12.2. The van der Waals surface area contributed by atoms with E-state index in [1.807, 2.05) is 6.08 Å². The van der Waals surface area contributed by atoms with Crippen molar-refractivity contribution in [3.8, 4) is 11.5 Å². The molecule has 1 aliphatic carbocycles. The first-order valence-corrected chi connectivity index (χ1v) is 9.73. The first kappa shape index (κ1) is 21.7. The van der Waals surface area contributed by atoms with Crippen LogP contribution in [0.3, 0.4) is 0 Å². The maximum Gasteiger partial charge on any atom is 0.229 e. The van der Waals surface area contributed by atoms with Crippen LogP contribution < -0.4 is 9.47 Å². The quantitative estimate of drug-likeness (QED) is 0.523. The molecule has 8 nitrogen and oxygen atoms in total. The number of aliphatic hydroxyl groups is 4. The number of Topliss-reactive ketones (excluding diaryl/α,β-unsaturated/α-hetero) is 1. The van der Waals surface area contributed by atoms with Crippen LogP contribution in [0.15, 0.2) is 23.8 Å². The summed E-state index contributed by atoms with van der Waals surface area (Å²) in [5, 5.41) is 39.2. The summed E-state index contributed by atoms with van der Waals surface area (Å²) in [4.78, 5) is 12.2. The second-order valence-corrected chi connectivity index (χ2v) is 7.67. The van der Waals surface area contributed by atoms with Gasteiger partial charge in [-0.1, -0.05) is 13.0 Å². The minimum absolute atomic E-state index is 0.157. The molecule has 0 bridgehead atoms. The molecule has 2 aliphatic rings. The molecule has 2 fully saturated rings. The Morgan fingerprint density at radius 2 is 1.93 bits per heavy atom. The topological polar surface area (TPSA) is 126 Å². The van der Waals surface area contributed by atoms with Crippen molar-refractivity contribution in [3.63, 3.8) is 0 Å². The molecule has 1 unspecified atom stereocenters. The van der Waals surface area contributed by atoms with Crippen molar-refractivity contribution in [2.75, 3.05) is 13.7 Å². The summed E-state index contributed by atoms with van der Waals surface area (Å²) in [6.07, 6.45) is -2.74. The van der Waals surface area contributed by atoms with E-state index >= 15 is 0 Å². The first-order valence-electron chi connectivity index (χ1n) is 9.73. The second kappa shape index (κ2) is 9.23. The van der Waals surface area contributed by atoms with Gasteiger partial charge >= 0.3 is 0 Å². The Kier molecular flexibility index (Phi) is 6.92. The van der Waals surface area contributed by atoms with E-state index in [0.717, 1.165) is 24.0 Å². The molecule has 1 heterocycles. The zero-order chi connectivity index (χ0) is 21.1. The highest BCUT2D eigenvalue weighted by molar-refractivity contribution is 6.00. The normalized spacial score (nSPS) is 34.3. The van der Waals surface area contributed by atoms with Crippen molar-refractivity contribution in [2.45, 2.75) is 56.9 Å². The third-order valence-electron chi connectivity index (χ3n) is 5.42. The lowest BCUT2D eigenvalue weighted by molar-refractivity contribution is -0.277. The third-order valence-corrected chi connectivity index (χ3v) is 5.42. The van der Waals surface area contributed by atoms with Gasteiger partial charge in [-0.05, 0) is 48.1 Å². The summed E-state index contributed by atoms with van der Waals surface area (Å²) in [7, 11) is 1.46. The summed E-state index contributed by atoms with van der Waals surface area (Å²) >= 11 is 0. The summed E-state index contributed by atoms with van der Waals surface area (Å²) in [6, 6.07) is 5.07. The van der Waals surface area contributed by atoms with Gasteiger partial charge in [0.25, 0.3) is 0 Å². The average molecular weight is 408 g/mol. The number of carbonyl (C=O) groups is 1. The second-order valence-electron chi connectivity index (χ2n) is 7.67. The van der Waals surface area contributed by atoms with Gasteiger partial charge < -0.3 is 34.6 Å². The van der Waals surface area contributed by atoms with E-state index in [-0.39, 0.29) is 11.5 Å². The van der Waals surface area contributed by atoms with E-state index in [0.29, 0.717) is 18.1 Å². The molecule has 3 rings (SSSR count). The van der Waals surface area contributed by atoms with Crippen LogP contribution in [-0.2, 0) is 9.53 Å². The average Bonchev–Trinajstić information content (AvgIpc) is 2.71. The van der Waals surface area contributed by atoms with Gasteiger partial charge in [0, 0.05) is 6.42 Å². The Balaban J connectivity index is 1.78. The summed E-state index contributed by atoms with van der Waals surface area (Å²) in [5.41, 5.74) is 1.56. The van der Waals surface area contributed by atoms with Crippen molar-refractivity contribution in [1.82, 2.24) is 0 Å². The van der Waals surface area contributed by atoms with Crippen molar-refractivity contribution in [1.29, 1.82) is 0 Å². The molecule has 1 aromatic rings. The van der Waals surface area contributed by atoms with E-state index in [2.05, 4.69) is 6.92 Å². The number of aliphatic hydroxyl groups excluding tert-OH is 4. The highest BCUT2D eigenvalue weighted by Gasteiger charge is 2.44.